The lowest BCUT2D eigenvalue weighted by atomic mass is 9.84. The highest BCUT2D eigenvalue weighted by molar-refractivity contribution is 6.22. The van der Waals surface area contributed by atoms with E-state index in [1.807, 2.05) is 6.07 Å². The van der Waals surface area contributed by atoms with E-state index in [9.17, 15) is 0 Å². The first-order valence-corrected chi connectivity index (χ1v) is 21.9. The van der Waals surface area contributed by atoms with E-state index in [0.29, 0.717) is 0 Å². The van der Waals surface area contributed by atoms with Crippen LogP contribution in [-0.4, -0.2) is 0 Å². The van der Waals surface area contributed by atoms with Crippen LogP contribution in [0.4, 0.5) is 17.1 Å². The number of hydrogen-bond donors (Lipinski definition) is 0. The minimum Gasteiger partial charge on any atom is -0.454 e. The van der Waals surface area contributed by atoms with Gasteiger partial charge >= 0.3 is 0 Å². The van der Waals surface area contributed by atoms with E-state index in [2.05, 4.69) is 248 Å². The molecule has 2 heteroatoms. The zero-order valence-electron chi connectivity index (χ0n) is 35.0. The number of furan rings is 1. The van der Waals surface area contributed by atoms with E-state index < -0.39 is 0 Å². The molecule has 0 saturated heterocycles. The van der Waals surface area contributed by atoms with Gasteiger partial charge in [-0.25, -0.2) is 0 Å². The molecular weight excluding hydrogens is 775 g/mol. The van der Waals surface area contributed by atoms with Crippen molar-refractivity contribution in [3.63, 3.8) is 0 Å². The van der Waals surface area contributed by atoms with Crippen molar-refractivity contribution in [2.24, 2.45) is 0 Å². The number of nitrogens with zero attached hydrogens (tertiary/aromatic N) is 1. The second-order valence-electron chi connectivity index (χ2n) is 16.4. The van der Waals surface area contributed by atoms with Crippen molar-refractivity contribution < 1.29 is 4.42 Å². The highest BCUT2D eigenvalue weighted by Crippen LogP contribution is 2.50. The fourth-order valence-electron chi connectivity index (χ4n) is 9.79. The molecule has 2 nitrogen and oxygen atoms in total. The van der Waals surface area contributed by atoms with Crippen LogP contribution in [0, 0.1) is 0 Å². The maximum Gasteiger partial charge on any atom is 0.159 e. The Labute approximate surface area is 372 Å². The summed E-state index contributed by atoms with van der Waals surface area (Å²) in [6.45, 7) is 0. The van der Waals surface area contributed by atoms with Crippen molar-refractivity contribution in [3.8, 4) is 55.6 Å². The first-order valence-electron chi connectivity index (χ1n) is 21.9. The summed E-state index contributed by atoms with van der Waals surface area (Å²) in [5.74, 6) is 0. The highest BCUT2D eigenvalue weighted by Gasteiger charge is 2.26. The van der Waals surface area contributed by atoms with Gasteiger partial charge in [0.1, 0.15) is 5.58 Å². The topological polar surface area (TPSA) is 16.4 Å². The van der Waals surface area contributed by atoms with E-state index in [0.717, 1.165) is 72.4 Å². The van der Waals surface area contributed by atoms with Crippen LogP contribution in [0.15, 0.2) is 253 Å². The Morgan fingerprint density at radius 2 is 0.750 bits per heavy atom. The van der Waals surface area contributed by atoms with Gasteiger partial charge < -0.3 is 9.32 Å². The van der Waals surface area contributed by atoms with Gasteiger partial charge in [0, 0.05) is 27.6 Å². The van der Waals surface area contributed by atoms with Crippen LogP contribution >= 0.6 is 0 Å². The molecule has 1 heterocycles. The molecule has 11 aromatic carbocycles. The maximum absolute atomic E-state index is 6.86. The Hall–Kier alpha value is -8.46. The molecule has 0 spiro atoms. The number of para-hydroxylation sites is 3. The Morgan fingerprint density at radius 3 is 1.41 bits per heavy atom. The summed E-state index contributed by atoms with van der Waals surface area (Å²) < 4.78 is 6.86. The zero-order valence-corrected chi connectivity index (χ0v) is 35.0. The van der Waals surface area contributed by atoms with E-state index in [1.165, 1.54) is 43.8 Å². The molecule has 12 rings (SSSR count). The number of fused-ring (bicyclic) bond motifs is 6. The Balaban J connectivity index is 1.14. The zero-order chi connectivity index (χ0) is 42.4. The monoisotopic (exact) mass is 815 g/mol. The van der Waals surface area contributed by atoms with Gasteiger partial charge in [0.15, 0.2) is 5.58 Å². The van der Waals surface area contributed by atoms with Crippen LogP contribution in [0.2, 0.25) is 0 Å². The molecule has 0 N–H and O–H groups in total. The molecule has 64 heavy (non-hydrogen) atoms. The second-order valence-corrected chi connectivity index (χ2v) is 16.4. The third-order valence-corrected chi connectivity index (χ3v) is 12.6. The summed E-state index contributed by atoms with van der Waals surface area (Å²) in [7, 11) is 0. The van der Waals surface area contributed by atoms with Crippen molar-refractivity contribution >= 4 is 60.5 Å². The average Bonchev–Trinajstić information content (AvgIpc) is 3.76. The van der Waals surface area contributed by atoms with Gasteiger partial charge in [0.05, 0.1) is 11.4 Å². The van der Waals surface area contributed by atoms with Gasteiger partial charge in [-0.2, -0.15) is 0 Å². The first kappa shape index (κ1) is 37.3. The SMILES string of the molecule is c1ccc(-c2cccc(-c3ccccc3)c2N(c2cccc(-c3ccc4c(c3)c(-c3ccccc3)c(-c3ccccc3)c3ccccc34)c2)c2cccc3c2oc2ccccc23)cc1. The Bertz CT molecular complexity index is 3590. The molecule has 12 aromatic rings. The molecule has 0 bridgehead atoms. The fraction of sp³-hybridized carbons (Fsp3) is 0. The van der Waals surface area contributed by atoms with Crippen LogP contribution in [0.1, 0.15) is 0 Å². The van der Waals surface area contributed by atoms with Crippen LogP contribution < -0.4 is 4.90 Å². The van der Waals surface area contributed by atoms with Crippen molar-refractivity contribution in [2.45, 2.75) is 0 Å². The molecule has 0 fully saturated rings. The molecule has 0 amide bonds. The normalized spacial score (nSPS) is 11.4. The van der Waals surface area contributed by atoms with Gasteiger partial charge in [-0.15, -0.1) is 0 Å². The average molecular weight is 816 g/mol. The molecule has 0 unspecified atom stereocenters. The van der Waals surface area contributed by atoms with Crippen molar-refractivity contribution in [1.82, 2.24) is 0 Å². The Morgan fingerprint density at radius 1 is 0.281 bits per heavy atom. The maximum atomic E-state index is 6.86. The van der Waals surface area contributed by atoms with Crippen molar-refractivity contribution in [2.75, 3.05) is 4.90 Å². The molecule has 0 radical (unpaired) electrons. The molecule has 300 valence electrons. The molecular formula is C62H41NO. The Kier molecular flexibility index (Phi) is 9.20. The van der Waals surface area contributed by atoms with E-state index in [4.69, 9.17) is 4.42 Å². The van der Waals surface area contributed by atoms with Crippen molar-refractivity contribution in [1.29, 1.82) is 0 Å². The van der Waals surface area contributed by atoms with Gasteiger partial charge in [-0.05, 0) is 96.4 Å². The molecule has 0 aliphatic carbocycles. The van der Waals surface area contributed by atoms with E-state index >= 15 is 0 Å². The molecule has 0 aliphatic heterocycles. The highest BCUT2D eigenvalue weighted by atomic mass is 16.3. The van der Waals surface area contributed by atoms with Gasteiger partial charge in [-0.1, -0.05) is 218 Å². The summed E-state index contributed by atoms with van der Waals surface area (Å²) in [5.41, 5.74) is 16.4. The number of anilines is 3. The standard InChI is InChI=1S/C62H41NO/c1-5-20-42(21-6-1)49-33-18-34-50(43-22-7-2-8-23-43)61(49)63(57-36-19-35-55-53-31-15-16-37-58(53)64-62(55)57)48-29-17-28-46(40-48)47-38-39-52-51-30-13-14-32-54(51)59(44-24-9-3-10-25-44)60(56(52)41-47)45-26-11-4-12-27-45/h1-41H. The number of hydrogen-bond acceptors (Lipinski definition) is 2. The fourth-order valence-corrected chi connectivity index (χ4v) is 9.79. The van der Waals surface area contributed by atoms with E-state index in [-0.39, 0.29) is 0 Å². The molecule has 1 aromatic heterocycles. The summed E-state index contributed by atoms with van der Waals surface area (Å²) in [5, 5.41) is 7.12. The van der Waals surface area contributed by atoms with Gasteiger partial charge in [0.25, 0.3) is 0 Å². The quantitative estimate of drug-likeness (QED) is 0.142. The molecule has 0 saturated carbocycles. The summed E-state index contributed by atoms with van der Waals surface area (Å²) in [4.78, 5) is 2.43. The van der Waals surface area contributed by atoms with Gasteiger partial charge in [-0.3, -0.25) is 0 Å². The number of rotatable bonds is 8. The first-order chi connectivity index (χ1) is 31.8. The molecule has 0 aliphatic rings. The minimum atomic E-state index is 0.842. The third-order valence-electron chi connectivity index (χ3n) is 12.6. The lowest BCUT2D eigenvalue weighted by Gasteiger charge is -2.30. The minimum absolute atomic E-state index is 0.842. The number of benzene rings is 11. The van der Waals surface area contributed by atoms with Crippen LogP contribution in [0.25, 0.3) is 99.1 Å². The summed E-state index contributed by atoms with van der Waals surface area (Å²) >= 11 is 0. The third kappa shape index (κ3) is 6.35. The lowest BCUT2D eigenvalue weighted by Crippen LogP contribution is -2.13. The lowest BCUT2D eigenvalue weighted by molar-refractivity contribution is 0.669. The predicted octanol–water partition coefficient (Wildman–Crippen LogP) is 17.7. The van der Waals surface area contributed by atoms with Crippen molar-refractivity contribution in [3.05, 3.63) is 249 Å². The summed E-state index contributed by atoms with van der Waals surface area (Å²) in [6.07, 6.45) is 0. The van der Waals surface area contributed by atoms with Crippen LogP contribution in [-0.2, 0) is 0 Å². The second kappa shape index (κ2) is 15.8. The smallest absolute Gasteiger partial charge is 0.159 e. The van der Waals surface area contributed by atoms with Crippen LogP contribution in [0.3, 0.4) is 0 Å². The van der Waals surface area contributed by atoms with E-state index in [1.54, 1.807) is 0 Å². The van der Waals surface area contributed by atoms with Gasteiger partial charge in [0.2, 0.25) is 0 Å². The molecule has 0 atom stereocenters. The van der Waals surface area contributed by atoms with Crippen LogP contribution in [0.5, 0.6) is 0 Å². The summed E-state index contributed by atoms with van der Waals surface area (Å²) in [6, 6.07) is 89.7. The largest absolute Gasteiger partial charge is 0.454 e. The predicted molar refractivity (Wildman–Crippen MR) is 271 cm³/mol.